The lowest BCUT2D eigenvalue weighted by atomic mass is 10.1. The van der Waals surface area contributed by atoms with Crippen LogP contribution in [0.5, 0.6) is 0 Å². The molecule has 21 heavy (non-hydrogen) atoms. The second-order valence-corrected chi connectivity index (χ2v) is 4.47. The number of oxazole rings is 1. The quantitative estimate of drug-likeness (QED) is 0.741. The molecule has 110 valence electrons. The van der Waals surface area contributed by atoms with Gasteiger partial charge in [-0.1, -0.05) is 0 Å². The van der Waals surface area contributed by atoms with Crippen LogP contribution in [0.25, 0.3) is 11.3 Å². The summed E-state index contributed by atoms with van der Waals surface area (Å²) in [4.78, 5) is 26.0. The van der Waals surface area contributed by atoms with Gasteiger partial charge in [0.15, 0.2) is 12.2 Å². The van der Waals surface area contributed by atoms with E-state index in [2.05, 4.69) is 10.3 Å². The summed E-state index contributed by atoms with van der Waals surface area (Å²) in [6, 6.07) is 6.12. The zero-order valence-electron chi connectivity index (χ0n) is 11.2. The van der Waals surface area contributed by atoms with Crippen LogP contribution in [-0.4, -0.2) is 28.0 Å². The average Bonchev–Trinajstić information content (AvgIpc) is 2.99. The molecule has 2 rings (SSSR count). The fourth-order valence-electron chi connectivity index (χ4n) is 1.72. The number of carbonyl (C=O) groups is 2. The first-order chi connectivity index (χ1) is 10.1. The molecule has 7 heteroatoms. The number of hydrogen-bond donors (Lipinski definition) is 3. The summed E-state index contributed by atoms with van der Waals surface area (Å²) >= 11 is 0. The second kappa shape index (κ2) is 6.67. The Morgan fingerprint density at radius 2 is 2.05 bits per heavy atom. The number of anilines is 1. The van der Waals surface area contributed by atoms with E-state index in [0.29, 0.717) is 11.4 Å². The number of amides is 1. The van der Waals surface area contributed by atoms with Gasteiger partial charge in [0.2, 0.25) is 5.91 Å². The van der Waals surface area contributed by atoms with Crippen molar-refractivity contribution in [3.05, 3.63) is 36.9 Å². The third-order valence-corrected chi connectivity index (χ3v) is 2.88. The van der Waals surface area contributed by atoms with Crippen LogP contribution in [0.4, 0.5) is 5.69 Å². The molecule has 1 atom stereocenters. The number of aliphatic carboxylic acids is 1. The van der Waals surface area contributed by atoms with Crippen LogP contribution < -0.4 is 11.1 Å². The van der Waals surface area contributed by atoms with E-state index in [1.165, 1.54) is 6.39 Å². The van der Waals surface area contributed by atoms with Crippen molar-refractivity contribution in [2.75, 3.05) is 5.32 Å². The number of nitrogens with two attached hydrogens (primary N) is 1. The molecule has 1 aromatic carbocycles. The Balaban J connectivity index is 1.94. The van der Waals surface area contributed by atoms with Gasteiger partial charge in [-0.25, -0.2) is 4.98 Å². The molecule has 4 N–H and O–H groups in total. The topological polar surface area (TPSA) is 118 Å². The van der Waals surface area contributed by atoms with E-state index >= 15 is 0 Å². The number of rotatable bonds is 6. The first kappa shape index (κ1) is 14.7. The molecular weight excluding hydrogens is 274 g/mol. The van der Waals surface area contributed by atoms with Crippen LogP contribution >= 0.6 is 0 Å². The summed E-state index contributed by atoms with van der Waals surface area (Å²) in [6.07, 6.45) is 2.89. The molecule has 1 amide bonds. The number of aromatic nitrogens is 1. The number of carboxylic acids is 1. The maximum absolute atomic E-state index is 11.8. The molecule has 0 saturated carbocycles. The van der Waals surface area contributed by atoms with Crippen molar-refractivity contribution in [3.63, 3.8) is 0 Å². The van der Waals surface area contributed by atoms with E-state index in [-0.39, 0.29) is 12.8 Å². The van der Waals surface area contributed by atoms with Crippen molar-refractivity contribution in [1.82, 2.24) is 4.98 Å². The molecule has 0 aliphatic carbocycles. The van der Waals surface area contributed by atoms with Gasteiger partial charge < -0.3 is 20.6 Å². The third-order valence-electron chi connectivity index (χ3n) is 2.88. The molecule has 0 fully saturated rings. The fourth-order valence-corrected chi connectivity index (χ4v) is 1.72. The molecule has 0 aliphatic heterocycles. The minimum Gasteiger partial charge on any atom is -0.481 e. The van der Waals surface area contributed by atoms with Crippen LogP contribution in [0.3, 0.4) is 0 Å². The normalized spacial score (nSPS) is 11.9. The summed E-state index contributed by atoms with van der Waals surface area (Å²) in [7, 11) is 0. The summed E-state index contributed by atoms with van der Waals surface area (Å²) < 4.78 is 5.16. The minimum atomic E-state index is -0.977. The van der Waals surface area contributed by atoms with Gasteiger partial charge in [-0.15, -0.1) is 0 Å². The van der Waals surface area contributed by atoms with Gasteiger partial charge in [0.25, 0.3) is 0 Å². The maximum atomic E-state index is 11.8. The summed E-state index contributed by atoms with van der Waals surface area (Å²) in [5, 5.41) is 11.2. The van der Waals surface area contributed by atoms with E-state index < -0.39 is 17.9 Å². The highest BCUT2D eigenvalue weighted by Crippen LogP contribution is 2.20. The minimum absolute atomic E-state index is 0.0946. The van der Waals surface area contributed by atoms with Gasteiger partial charge in [0.1, 0.15) is 0 Å². The first-order valence-corrected chi connectivity index (χ1v) is 6.33. The van der Waals surface area contributed by atoms with E-state index in [1.54, 1.807) is 30.5 Å². The van der Waals surface area contributed by atoms with Gasteiger partial charge in [-0.3, -0.25) is 9.59 Å². The SMILES string of the molecule is NC(CCC(=O)O)C(=O)Nc1ccc(-c2cnco2)cc1. The summed E-state index contributed by atoms with van der Waals surface area (Å²) in [5.41, 5.74) is 7.03. The lowest BCUT2D eigenvalue weighted by Crippen LogP contribution is -2.36. The standard InChI is InChI=1S/C14H15N3O4/c15-11(5-6-13(18)19)14(20)17-10-3-1-9(2-4-10)12-7-16-8-21-12/h1-4,7-8,11H,5-6,15H2,(H,17,20)(H,18,19). The molecule has 0 bridgehead atoms. The van der Waals surface area contributed by atoms with Crippen LogP contribution in [0.1, 0.15) is 12.8 Å². The molecule has 0 saturated heterocycles. The molecule has 7 nitrogen and oxygen atoms in total. The lowest BCUT2D eigenvalue weighted by molar-refractivity contribution is -0.137. The Hall–Kier alpha value is -2.67. The van der Waals surface area contributed by atoms with E-state index in [9.17, 15) is 9.59 Å². The number of nitrogens with zero attached hydrogens (tertiary/aromatic N) is 1. The van der Waals surface area contributed by atoms with E-state index in [1.807, 2.05) is 0 Å². The van der Waals surface area contributed by atoms with Gasteiger partial charge in [-0.05, 0) is 30.7 Å². The Morgan fingerprint density at radius 1 is 1.33 bits per heavy atom. The van der Waals surface area contributed by atoms with E-state index in [4.69, 9.17) is 15.3 Å². The van der Waals surface area contributed by atoms with Crippen LogP contribution in [0.15, 0.2) is 41.3 Å². The second-order valence-electron chi connectivity index (χ2n) is 4.47. The van der Waals surface area contributed by atoms with Crippen molar-refractivity contribution in [1.29, 1.82) is 0 Å². The molecule has 2 aromatic rings. The lowest BCUT2D eigenvalue weighted by Gasteiger charge is -2.11. The Bertz CT molecular complexity index is 608. The van der Waals surface area contributed by atoms with Gasteiger partial charge in [-0.2, -0.15) is 0 Å². The highest BCUT2D eigenvalue weighted by Gasteiger charge is 2.15. The molecule has 0 aliphatic rings. The van der Waals surface area contributed by atoms with Crippen molar-refractivity contribution < 1.29 is 19.1 Å². The third kappa shape index (κ3) is 4.15. The number of carbonyl (C=O) groups excluding carboxylic acids is 1. The van der Waals surface area contributed by atoms with Gasteiger partial charge in [0, 0.05) is 17.7 Å². The number of benzene rings is 1. The van der Waals surface area contributed by atoms with Crippen molar-refractivity contribution in [3.8, 4) is 11.3 Å². The number of nitrogens with one attached hydrogen (secondary N) is 1. The Labute approximate surface area is 120 Å². The predicted molar refractivity (Wildman–Crippen MR) is 75.4 cm³/mol. The van der Waals surface area contributed by atoms with Gasteiger partial charge in [0.05, 0.1) is 12.2 Å². The highest BCUT2D eigenvalue weighted by molar-refractivity contribution is 5.95. The smallest absolute Gasteiger partial charge is 0.303 e. The predicted octanol–water partition coefficient (Wildman–Crippen LogP) is 1.47. The fraction of sp³-hybridized carbons (Fsp3) is 0.214. The Kier molecular flexibility index (Phi) is 4.68. The molecule has 0 radical (unpaired) electrons. The Morgan fingerprint density at radius 3 is 2.62 bits per heavy atom. The van der Waals surface area contributed by atoms with Gasteiger partial charge >= 0.3 is 5.97 Å². The van der Waals surface area contributed by atoms with Crippen LogP contribution in [0.2, 0.25) is 0 Å². The zero-order valence-corrected chi connectivity index (χ0v) is 11.2. The zero-order chi connectivity index (χ0) is 15.2. The monoisotopic (exact) mass is 289 g/mol. The maximum Gasteiger partial charge on any atom is 0.303 e. The first-order valence-electron chi connectivity index (χ1n) is 6.33. The molecule has 1 heterocycles. The molecule has 1 unspecified atom stereocenters. The van der Waals surface area contributed by atoms with Crippen LogP contribution in [0, 0.1) is 0 Å². The number of carboxylic acid groups (broad SMARTS) is 1. The van der Waals surface area contributed by atoms with Crippen molar-refractivity contribution in [2.45, 2.75) is 18.9 Å². The molecule has 1 aromatic heterocycles. The highest BCUT2D eigenvalue weighted by atomic mass is 16.4. The average molecular weight is 289 g/mol. The number of hydrogen-bond acceptors (Lipinski definition) is 5. The summed E-state index contributed by atoms with van der Waals surface area (Å²) in [6.45, 7) is 0. The van der Waals surface area contributed by atoms with E-state index in [0.717, 1.165) is 5.56 Å². The van der Waals surface area contributed by atoms with Crippen molar-refractivity contribution in [2.24, 2.45) is 5.73 Å². The molecular formula is C14H15N3O4. The summed E-state index contributed by atoms with van der Waals surface area (Å²) in [5.74, 6) is -0.760. The largest absolute Gasteiger partial charge is 0.481 e. The van der Waals surface area contributed by atoms with Crippen molar-refractivity contribution >= 4 is 17.6 Å². The molecule has 0 spiro atoms. The van der Waals surface area contributed by atoms with Crippen LogP contribution in [-0.2, 0) is 9.59 Å².